The average Bonchev–Trinajstić information content (AvgIpc) is 2.21. The van der Waals surface area contributed by atoms with Crippen molar-refractivity contribution in [3.63, 3.8) is 0 Å². The van der Waals surface area contributed by atoms with Crippen LogP contribution in [0.15, 0.2) is 24.3 Å². The van der Waals surface area contributed by atoms with Gasteiger partial charge in [0.25, 0.3) is 0 Å². The van der Waals surface area contributed by atoms with Crippen LogP contribution >= 0.6 is 0 Å². The van der Waals surface area contributed by atoms with Crippen molar-refractivity contribution >= 4 is 24.5 Å². The van der Waals surface area contributed by atoms with Crippen LogP contribution in [0.3, 0.4) is 0 Å². The van der Waals surface area contributed by atoms with Crippen molar-refractivity contribution in [2.24, 2.45) is 0 Å². The molecule has 1 nitrogen and oxygen atoms in total. The number of benzene rings is 1. The molecule has 0 fully saturated rings. The molecule has 0 saturated carbocycles. The Hall–Kier alpha value is -0.190. The number of hydrogen-bond donors (Lipinski definition) is 0. The number of ether oxygens (including phenoxy) is 1. The standard InChI is InChI=1S/C12H18OTe/c1-3-5-10-14-12-8-6-11(7-9-12)13-4-2/h6-9H,3-5,10H2,1-2H3. The first kappa shape index (κ1) is 11.9. The molecule has 78 valence electrons. The summed E-state index contributed by atoms with van der Waals surface area (Å²) in [6.07, 6.45) is 2.71. The zero-order valence-corrected chi connectivity index (χ0v) is 11.3. The minimum absolute atomic E-state index is 0.0691. The zero-order valence-electron chi connectivity index (χ0n) is 8.95. The second kappa shape index (κ2) is 7.15. The fraction of sp³-hybridized carbons (Fsp3) is 0.500. The summed E-state index contributed by atoms with van der Waals surface area (Å²) >= 11 is 0.0691. The van der Waals surface area contributed by atoms with Gasteiger partial charge in [0.05, 0.1) is 0 Å². The maximum absolute atomic E-state index is 5.40. The Morgan fingerprint density at radius 1 is 1.14 bits per heavy atom. The number of hydrogen-bond acceptors (Lipinski definition) is 1. The van der Waals surface area contributed by atoms with Crippen LogP contribution in [0.5, 0.6) is 5.75 Å². The predicted molar refractivity (Wildman–Crippen MR) is 62.7 cm³/mol. The van der Waals surface area contributed by atoms with E-state index in [0.29, 0.717) is 0 Å². The fourth-order valence-electron chi connectivity index (χ4n) is 1.13. The van der Waals surface area contributed by atoms with Gasteiger partial charge in [-0.05, 0) is 0 Å². The first-order valence-electron chi connectivity index (χ1n) is 5.22. The van der Waals surface area contributed by atoms with Gasteiger partial charge < -0.3 is 0 Å². The molecule has 1 rings (SSSR count). The zero-order chi connectivity index (χ0) is 10.2. The molecule has 0 aromatic heterocycles. The van der Waals surface area contributed by atoms with E-state index < -0.39 is 0 Å². The Bertz CT molecular complexity index is 243. The van der Waals surface area contributed by atoms with E-state index in [-0.39, 0.29) is 20.9 Å². The number of unbranched alkanes of at least 4 members (excludes halogenated alkanes) is 1. The van der Waals surface area contributed by atoms with Crippen LogP contribution in [-0.4, -0.2) is 27.5 Å². The molecule has 0 spiro atoms. The van der Waals surface area contributed by atoms with Crippen molar-refractivity contribution in [3.8, 4) is 5.75 Å². The molecule has 0 atom stereocenters. The summed E-state index contributed by atoms with van der Waals surface area (Å²) in [5, 5.41) is 0. The summed E-state index contributed by atoms with van der Waals surface area (Å²) in [6, 6.07) is 8.64. The summed E-state index contributed by atoms with van der Waals surface area (Å²) in [4.78, 5) is 0. The van der Waals surface area contributed by atoms with E-state index in [1.165, 1.54) is 17.3 Å². The van der Waals surface area contributed by atoms with Crippen molar-refractivity contribution < 1.29 is 4.74 Å². The van der Waals surface area contributed by atoms with Crippen LogP contribution in [-0.2, 0) is 0 Å². The van der Waals surface area contributed by atoms with E-state index in [1.54, 1.807) is 3.61 Å². The van der Waals surface area contributed by atoms with Crippen LogP contribution in [0.1, 0.15) is 26.7 Å². The van der Waals surface area contributed by atoms with Crippen LogP contribution in [0, 0.1) is 0 Å². The average molecular weight is 306 g/mol. The molecule has 14 heavy (non-hydrogen) atoms. The first-order chi connectivity index (χ1) is 6.86. The van der Waals surface area contributed by atoms with Crippen molar-refractivity contribution in [1.82, 2.24) is 0 Å². The third-order valence-electron chi connectivity index (χ3n) is 1.90. The molecule has 0 amide bonds. The first-order valence-corrected chi connectivity index (χ1v) is 8.03. The third kappa shape index (κ3) is 4.35. The van der Waals surface area contributed by atoms with Crippen molar-refractivity contribution in [2.45, 2.75) is 31.2 Å². The molecule has 0 heterocycles. The predicted octanol–water partition coefficient (Wildman–Crippen LogP) is 2.63. The van der Waals surface area contributed by atoms with E-state index in [4.69, 9.17) is 4.74 Å². The van der Waals surface area contributed by atoms with E-state index in [9.17, 15) is 0 Å². The summed E-state index contributed by atoms with van der Waals surface area (Å²) < 4.78 is 8.38. The molecule has 0 aliphatic heterocycles. The molecule has 0 aliphatic carbocycles. The maximum atomic E-state index is 5.40. The fourth-order valence-corrected chi connectivity index (χ4v) is 3.98. The molecular formula is C12H18OTe. The SMILES string of the molecule is CCCC[Te]c1ccc(OCC)cc1. The van der Waals surface area contributed by atoms with Gasteiger partial charge in [0.1, 0.15) is 0 Å². The topological polar surface area (TPSA) is 9.23 Å². The second-order valence-corrected chi connectivity index (χ2v) is 6.44. The molecule has 0 saturated heterocycles. The summed E-state index contributed by atoms with van der Waals surface area (Å²) in [5.74, 6) is 0.999. The second-order valence-electron chi connectivity index (χ2n) is 3.11. The molecule has 1 aromatic rings. The molecule has 0 aliphatic rings. The molecular weight excluding hydrogens is 288 g/mol. The molecule has 1 aromatic carbocycles. The van der Waals surface area contributed by atoms with E-state index in [0.717, 1.165) is 12.4 Å². The van der Waals surface area contributed by atoms with Gasteiger partial charge in [-0.15, -0.1) is 0 Å². The molecule has 0 radical (unpaired) electrons. The quantitative estimate of drug-likeness (QED) is 0.580. The Kier molecular flexibility index (Phi) is 6.07. The summed E-state index contributed by atoms with van der Waals surface area (Å²) in [7, 11) is 0. The minimum atomic E-state index is 0.0691. The van der Waals surface area contributed by atoms with Crippen LogP contribution in [0.25, 0.3) is 0 Å². The Labute approximate surface area is 96.9 Å². The summed E-state index contributed by atoms with van der Waals surface area (Å²) in [6.45, 7) is 5.03. The van der Waals surface area contributed by atoms with Crippen LogP contribution in [0.4, 0.5) is 0 Å². The van der Waals surface area contributed by atoms with Crippen molar-refractivity contribution in [2.75, 3.05) is 6.61 Å². The molecule has 2 heteroatoms. The Balaban J connectivity index is 2.38. The van der Waals surface area contributed by atoms with Gasteiger partial charge in [0, 0.05) is 0 Å². The summed E-state index contributed by atoms with van der Waals surface area (Å²) in [5.41, 5.74) is 0. The van der Waals surface area contributed by atoms with Gasteiger partial charge in [-0.25, -0.2) is 0 Å². The normalized spacial score (nSPS) is 10.1. The van der Waals surface area contributed by atoms with Gasteiger partial charge in [-0.3, -0.25) is 0 Å². The van der Waals surface area contributed by atoms with Crippen molar-refractivity contribution in [3.05, 3.63) is 24.3 Å². The van der Waals surface area contributed by atoms with Crippen LogP contribution < -0.4 is 8.35 Å². The van der Waals surface area contributed by atoms with E-state index in [1.807, 2.05) is 6.92 Å². The molecule has 0 N–H and O–H groups in total. The van der Waals surface area contributed by atoms with Crippen molar-refractivity contribution in [1.29, 1.82) is 0 Å². The van der Waals surface area contributed by atoms with E-state index in [2.05, 4.69) is 31.2 Å². The Morgan fingerprint density at radius 2 is 1.86 bits per heavy atom. The van der Waals surface area contributed by atoms with Gasteiger partial charge in [-0.2, -0.15) is 0 Å². The van der Waals surface area contributed by atoms with Gasteiger partial charge in [0.2, 0.25) is 0 Å². The molecule has 0 unspecified atom stereocenters. The van der Waals surface area contributed by atoms with Crippen LogP contribution in [0.2, 0.25) is 4.47 Å². The molecule has 0 bridgehead atoms. The van der Waals surface area contributed by atoms with Gasteiger partial charge in [-0.1, -0.05) is 0 Å². The third-order valence-corrected chi connectivity index (χ3v) is 5.04. The Morgan fingerprint density at radius 3 is 2.43 bits per heavy atom. The van der Waals surface area contributed by atoms with E-state index >= 15 is 0 Å². The van der Waals surface area contributed by atoms with Gasteiger partial charge >= 0.3 is 97.1 Å². The number of rotatable bonds is 6. The monoisotopic (exact) mass is 308 g/mol. The van der Waals surface area contributed by atoms with Gasteiger partial charge in [0.15, 0.2) is 0 Å².